The van der Waals surface area contributed by atoms with E-state index >= 15 is 0 Å². The normalized spacial score (nSPS) is 30.1. The molecule has 1 aromatic rings. The molecule has 1 N–H and O–H groups in total. The van der Waals surface area contributed by atoms with Crippen molar-refractivity contribution in [3.05, 3.63) is 36.3 Å². The van der Waals surface area contributed by atoms with Crippen LogP contribution < -0.4 is 0 Å². The van der Waals surface area contributed by atoms with Crippen molar-refractivity contribution in [2.24, 2.45) is 17.3 Å². The van der Waals surface area contributed by atoms with Gasteiger partial charge >= 0.3 is 5.97 Å². The number of aliphatic carboxylic acids is 1. The summed E-state index contributed by atoms with van der Waals surface area (Å²) in [6, 6.07) is 2.05. The molecule has 2 rings (SSSR count). The molecule has 0 amide bonds. The first-order valence-electron chi connectivity index (χ1n) is 8.84. The first-order valence-corrected chi connectivity index (χ1v) is 8.84. The molecule has 1 saturated carbocycles. The highest BCUT2D eigenvalue weighted by molar-refractivity contribution is 5.73. The minimum atomic E-state index is -0.703. The smallest absolute Gasteiger partial charge is 0.310 e. The van der Waals surface area contributed by atoms with Crippen LogP contribution in [-0.4, -0.2) is 11.1 Å². The zero-order chi connectivity index (χ0) is 16.9. The first kappa shape index (κ1) is 17.8. The van der Waals surface area contributed by atoms with Gasteiger partial charge in [0.25, 0.3) is 0 Å². The van der Waals surface area contributed by atoms with E-state index in [1.54, 1.807) is 6.26 Å². The molecule has 1 aromatic heterocycles. The fourth-order valence-electron chi connectivity index (χ4n) is 3.79. The van der Waals surface area contributed by atoms with E-state index in [9.17, 15) is 9.90 Å². The minimum absolute atomic E-state index is 0.299. The van der Waals surface area contributed by atoms with E-state index < -0.39 is 5.97 Å². The number of carboxylic acids is 1. The van der Waals surface area contributed by atoms with E-state index in [-0.39, 0.29) is 5.92 Å². The monoisotopic (exact) mass is 318 g/mol. The topological polar surface area (TPSA) is 50.4 Å². The zero-order valence-corrected chi connectivity index (χ0v) is 14.5. The van der Waals surface area contributed by atoms with Crippen LogP contribution in [0.2, 0.25) is 0 Å². The van der Waals surface area contributed by atoms with Gasteiger partial charge in [-0.25, -0.2) is 0 Å². The van der Waals surface area contributed by atoms with Crippen LogP contribution in [0, 0.1) is 17.3 Å². The predicted octanol–water partition coefficient (Wildman–Crippen LogP) is 5.47. The van der Waals surface area contributed by atoms with Gasteiger partial charge < -0.3 is 9.52 Å². The molecule has 128 valence electrons. The molecule has 0 aromatic carbocycles. The van der Waals surface area contributed by atoms with Gasteiger partial charge in [0, 0.05) is 0 Å². The predicted molar refractivity (Wildman–Crippen MR) is 92.3 cm³/mol. The van der Waals surface area contributed by atoms with Crippen molar-refractivity contribution in [3.63, 3.8) is 0 Å². The SMILES string of the molecule is C=C1CC[C@@H](C)[C@](C)(CCc2ccoc2)CCCCC1C(=O)O. The number of carboxylic acid groups (broad SMARTS) is 1. The molecule has 1 fully saturated rings. The van der Waals surface area contributed by atoms with Gasteiger partial charge in [0.05, 0.1) is 18.4 Å². The van der Waals surface area contributed by atoms with Crippen molar-refractivity contribution in [3.8, 4) is 0 Å². The standard InChI is InChI=1S/C20H30O3/c1-15-7-8-16(2)20(3,12-9-17-10-13-23-14-17)11-5-4-6-18(15)19(21)22/h10,13-14,16,18H,1,4-9,11-12H2,2-3H3,(H,21,22)/t16-,18?,20+/m1/s1. The molecule has 0 bridgehead atoms. The molecule has 0 saturated heterocycles. The second-order valence-electron chi connectivity index (χ2n) is 7.52. The van der Waals surface area contributed by atoms with E-state index in [4.69, 9.17) is 4.42 Å². The van der Waals surface area contributed by atoms with E-state index in [2.05, 4.69) is 20.4 Å². The Labute approximate surface area is 139 Å². The lowest BCUT2D eigenvalue weighted by Gasteiger charge is -2.37. The maximum Gasteiger partial charge on any atom is 0.310 e. The fourth-order valence-corrected chi connectivity index (χ4v) is 3.79. The highest BCUT2D eigenvalue weighted by Gasteiger charge is 2.32. The molecular formula is C20H30O3. The Bertz CT molecular complexity index is 517. The van der Waals surface area contributed by atoms with Crippen LogP contribution in [0.5, 0.6) is 0 Å². The summed E-state index contributed by atoms with van der Waals surface area (Å²) in [4.78, 5) is 11.4. The zero-order valence-electron chi connectivity index (χ0n) is 14.5. The fraction of sp³-hybridized carbons (Fsp3) is 0.650. The third-order valence-corrected chi connectivity index (χ3v) is 5.93. The van der Waals surface area contributed by atoms with Crippen molar-refractivity contribution in [2.45, 2.75) is 65.2 Å². The molecule has 3 heteroatoms. The van der Waals surface area contributed by atoms with Gasteiger partial charge in [-0.05, 0) is 61.5 Å². The number of rotatable bonds is 4. The van der Waals surface area contributed by atoms with Crippen molar-refractivity contribution in [1.82, 2.24) is 0 Å². The molecule has 1 aliphatic rings. The van der Waals surface area contributed by atoms with Crippen LogP contribution in [0.3, 0.4) is 0 Å². The van der Waals surface area contributed by atoms with Crippen molar-refractivity contribution in [2.75, 3.05) is 0 Å². The number of aryl methyl sites for hydroxylation is 1. The Hall–Kier alpha value is -1.51. The quantitative estimate of drug-likeness (QED) is 0.749. The van der Waals surface area contributed by atoms with E-state index in [0.717, 1.165) is 50.5 Å². The number of hydrogen-bond acceptors (Lipinski definition) is 2. The third-order valence-electron chi connectivity index (χ3n) is 5.93. The molecule has 1 heterocycles. The highest BCUT2D eigenvalue weighted by atomic mass is 16.4. The molecule has 0 radical (unpaired) electrons. The van der Waals surface area contributed by atoms with Gasteiger partial charge in [-0.3, -0.25) is 4.79 Å². The molecule has 3 atom stereocenters. The summed E-state index contributed by atoms with van der Waals surface area (Å²) in [5, 5.41) is 9.38. The summed E-state index contributed by atoms with van der Waals surface area (Å²) >= 11 is 0. The van der Waals surface area contributed by atoms with Gasteiger partial charge in [-0.2, -0.15) is 0 Å². The average Bonchev–Trinajstić information content (AvgIpc) is 3.02. The second kappa shape index (κ2) is 7.85. The van der Waals surface area contributed by atoms with Crippen LogP contribution in [-0.2, 0) is 11.2 Å². The summed E-state index contributed by atoms with van der Waals surface area (Å²) < 4.78 is 5.18. The largest absolute Gasteiger partial charge is 0.481 e. The van der Waals surface area contributed by atoms with Gasteiger partial charge in [-0.1, -0.05) is 38.8 Å². The summed E-state index contributed by atoms with van der Waals surface area (Å²) in [7, 11) is 0. The Balaban J connectivity index is 2.01. The van der Waals surface area contributed by atoms with Gasteiger partial charge in [0.15, 0.2) is 0 Å². The highest BCUT2D eigenvalue weighted by Crippen LogP contribution is 2.42. The lowest BCUT2D eigenvalue weighted by Crippen LogP contribution is -2.28. The van der Waals surface area contributed by atoms with Gasteiger partial charge in [0.1, 0.15) is 0 Å². The van der Waals surface area contributed by atoms with Crippen LogP contribution in [0.4, 0.5) is 0 Å². The van der Waals surface area contributed by atoms with Crippen LogP contribution in [0.1, 0.15) is 64.4 Å². The Morgan fingerprint density at radius 1 is 1.43 bits per heavy atom. The molecule has 23 heavy (non-hydrogen) atoms. The molecular weight excluding hydrogens is 288 g/mol. The molecule has 0 aliphatic heterocycles. The number of carbonyl (C=O) groups is 1. The van der Waals surface area contributed by atoms with Crippen LogP contribution >= 0.6 is 0 Å². The Morgan fingerprint density at radius 3 is 2.87 bits per heavy atom. The van der Waals surface area contributed by atoms with E-state index in [1.165, 1.54) is 12.0 Å². The Morgan fingerprint density at radius 2 is 2.22 bits per heavy atom. The number of furan rings is 1. The maximum absolute atomic E-state index is 11.4. The molecule has 1 unspecified atom stereocenters. The Kier molecular flexibility index (Phi) is 6.09. The minimum Gasteiger partial charge on any atom is -0.481 e. The van der Waals surface area contributed by atoms with E-state index in [1.807, 2.05) is 12.3 Å². The van der Waals surface area contributed by atoms with Gasteiger partial charge in [0.2, 0.25) is 0 Å². The van der Waals surface area contributed by atoms with Crippen LogP contribution in [0.25, 0.3) is 0 Å². The second-order valence-corrected chi connectivity index (χ2v) is 7.52. The average molecular weight is 318 g/mol. The lowest BCUT2D eigenvalue weighted by molar-refractivity contribution is -0.140. The van der Waals surface area contributed by atoms with Gasteiger partial charge in [-0.15, -0.1) is 0 Å². The summed E-state index contributed by atoms with van der Waals surface area (Å²) in [6.45, 7) is 8.79. The maximum atomic E-state index is 11.4. The molecule has 0 spiro atoms. The summed E-state index contributed by atoms with van der Waals surface area (Å²) in [6.07, 6.45) is 11.6. The van der Waals surface area contributed by atoms with Crippen molar-refractivity contribution < 1.29 is 14.3 Å². The third kappa shape index (κ3) is 4.73. The van der Waals surface area contributed by atoms with Crippen molar-refractivity contribution >= 4 is 5.97 Å². The van der Waals surface area contributed by atoms with E-state index in [0.29, 0.717) is 11.3 Å². The van der Waals surface area contributed by atoms with Crippen LogP contribution in [0.15, 0.2) is 35.2 Å². The summed E-state index contributed by atoms with van der Waals surface area (Å²) in [5.41, 5.74) is 2.47. The molecule has 1 aliphatic carbocycles. The lowest BCUT2D eigenvalue weighted by atomic mass is 9.68. The molecule has 3 nitrogen and oxygen atoms in total. The van der Waals surface area contributed by atoms with Crippen molar-refractivity contribution in [1.29, 1.82) is 0 Å². The first-order chi connectivity index (χ1) is 10.9. The number of hydrogen-bond donors (Lipinski definition) is 1. The summed E-state index contributed by atoms with van der Waals surface area (Å²) in [5.74, 6) is -0.484.